The van der Waals surface area contributed by atoms with Gasteiger partial charge in [-0.3, -0.25) is 0 Å². The molecule has 2 N–H and O–H groups in total. The molecule has 0 radical (unpaired) electrons. The van der Waals surface area contributed by atoms with Gasteiger partial charge in [-0.1, -0.05) is 23.7 Å². The molecule has 0 saturated heterocycles. The van der Waals surface area contributed by atoms with Crippen molar-refractivity contribution < 1.29 is 4.39 Å². The molecule has 4 heteroatoms. The van der Waals surface area contributed by atoms with Crippen molar-refractivity contribution in [3.8, 4) is 0 Å². The fourth-order valence-electron chi connectivity index (χ4n) is 1.90. The van der Waals surface area contributed by atoms with E-state index in [-0.39, 0.29) is 5.82 Å². The van der Waals surface area contributed by atoms with Gasteiger partial charge in [0.2, 0.25) is 0 Å². The van der Waals surface area contributed by atoms with Crippen LogP contribution in [0.1, 0.15) is 6.92 Å². The quantitative estimate of drug-likeness (QED) is 0.841. The van der Waals surface area contributed by atoms with Gasteiger partial charge in [0.05, 0.1) is 16.4 Å². The lowest BCUT2D eigenvalue weighted by Crippen LogP contribution is -2.17. The number of hydrogen-bond donors (Lipinski definition) is 1. The van der Waals surface area contributed by atoms with Gasteiger partial charge in [-0.05, 0) is 37.3 Å². The first kappa shape index (κ1) is 12.7. The standard InChI is InChI=1S/C14H14ClFN2/c1-2-18(11-6-3-5-10(16)9-11)13-8-4-7-12(15)14(13)17/h3-9H,2,17H2,1H3. The van der Waals surface area contributed by atoms with Gasteiger partial charge >= 0.3 is 0 Å². The average molecular weight is 265 g/mol. The molecule has 2 nitrogen and oxygen atoms in total. The Kier molecular flexibility index (Phi) is 3.72. The molecule has 0 heterocycles. The molecule has 0 atom stereocenters. The molecule has 0 aliphatic rings. The van der Waals surface area contributed by atoms with Crippen LogP contribution in [0, 0.1) is 5.82 Å². The summed E-state index contributed by atoms with van der Waals surface area (Å²) in [6.45, 7) is 2.65. The Bertz CT molecular complexity index is 557. The fraction of sp³-hybridized carbons (Fsp3) is 0.143. The first-order chi connectivity index (χ1) is 8.63. The summed E-state index contributed by atoms with van der Waals surface area (Å²) < 4.78 is 13.3. The Labute approximate surface area is 111 Å². The number of rotatable bonds is 3. The third-order valence-electron chi connectivity index (χ3n) is 2.76. The molecule has 0 aliphatic heterocycles. The molecule has 0 saturated carbocycles. The van der Waals surface area contributed by atoms with E-state index >= 15 is 0 Å². The van der Waals surface area contributed by atoms with Gasteiger partial charge < -0.3 is 10.6 Å². The summed E-state index contributed by atoms with van der Waals surface area (Å²) in [5.74, 6) is -0.272. The topological polar surface area (TPSA) is 29.3 Å². The monoisotopic (exact) mass is 264 g/mol. The van der Waals surface area contributed by atoms with Crippen LogP contribution >= 0.6 is 11.6 Å². The van der Waals surface area contributed by atoms with Crippen LogP contribution in [0.15, 0.2) is 42.5 Å². The first-order valence-corrected chi connectivity index (χ1v) is 6.08. The van der Waals surface area contributed by atoms with E-state index in [0.717, 1.165) is 11.4 Å². The van der Waals surface area contributed by atoms with Gasteiger partial charge in [-0.25, -0.2) is 4.39 Å². The van der Waals surface area contributed by atoms with Crippen molar-refractivity contribution in [2.24, 2.45) is 0 Å². The minimum Gasteiger partial charge on any atom is -0.396 e. The first-order valence-electron chi connectivity index (χ1n) is 5.70. The molecular formula is C14H14ClFN2. The maximum Gasteiger partial charge on any atom is 0.125 e. The lowest BCUT2D eigenvalue weighted by Gasteiger charge is -2.25. The molecule has 0 bridgehead atoms. The van der Waals surface area contributed by atoms with Gasteiger partial charge in [0.1, 0.15) is 5.82 Å². The Morgan fingerprint density at radius 2 is 1.94 bits per heavy atom. The lowest BCUT2D eigenvalue weighted by atomic mass is 10.2. The van der Waals surface area contributed by atoms with Crippen molar-refractivity contribution in [3.63, 3.8) is 0 Å². The summed E-state index contributed by atoms with van der Waals surface area (Å²) >= 11 is 6.01. The van der Waals surface area contributed by atoms with E-state index in [1.54, 1.807) is 12.1 Å². The third kappa shape index (κ3) is 2.41. The van der Waals surface area contributed by atoms with Crippen LogP contribution in [-0.4, -0.2) is 6.54 Å². The maximum absolute atomic E-state index is 13.3. The van der Waals surface area contributed by atoms with Crippen LogP contribution in [0.25, 0.3) is 0 Å². The van der Waals surface area contributed by atoms with Gasteiger partial charge in [0, 0.05) is 12.2 Å². The summed E-state index contributed by atoms with van der Waals surface area (Å²) in [6.07, 6.45) is 0. The van der Waals surface area contributed by atoms with E-state index in [4.69, 9.17) is 17.3 Å². The van der Waals surface area contributed by atoms with Crippen molar-refractivity contribution in [2.45, 2.75) is 6.92 Å². The van der Waals surface area contributed by atoms with Crippen LogP contribution in [0.2, 0.25) is 5.02 Å². The van der Waals surface area contributed by atoms with Crippen molar-refractivity contribution >= 4 is 28.7 Å². The van der Waals surface area contributed by atoms with E-state index in [1.165, 1.54) is 12.1 Å². The Hall–Kier alpha value is -1.74. The van der Waals surface area contributed by atoms with Crippen molar-refractivity contribution in [1.82, 2.24) is 0 Å². The summed E-state index contributed by atoms with van der Waals surface area (Å²) in [5, 5.41) is 0.502. The van der Waals surface area contributed by atoms with E-state index in [2.05, 4.69) is 0 Å². The van der Waals surface area contributed by atoms with Gasteiger partial charge in [-0.15, -0.1) is 0 Å². The minimum absolute atomic E-state index is 0.272. The molecule has 0 aliphatic carbocycles. The molecule has 2 rings (SSSR count). The zero-order valence-electron chi connectivity index (χ0n) is 10.0. The van der Waals surface area contributed by atoms with Crippen LogP contribution in [0.4, 0.5) is 21.5 Å². The zero-order chi connectivity index (χ0) is 13.1. The van der Waals surface area contributed by atoms with Crippen molar-refractivity contribution in [2.75, 3.05) is 17.2 Å². The van der Waals surface area contributed by atoms with Crippen molar-refractivity contribution in [1.29, 1.82) is 0 Å². The second-order valence-corrected chi connectivity index (χ2v) is 4.30. The highest BCUT2D eigenvalue weighted by Crippen LogP contribution is 2.34. The van der Waals surface area contributed by atoms with Gasteiger partial charge in [0.15, 0.2) is 0 Å². The van der Waals surface area contributed by atoms with Gasteiger partial charge in [-0.2, -0.15) is 0 Å². The van der Waals surface area contributed by atoms with Gasteiger partial charge in [0.25, 0.3) is 0 Å². The molecule has 2 aromatic carbocycles. The molecular weight excluding hydrogens is 251 g/mol. The van der Waals surface area contributed by atoms with Crippen LogP contribution in [0.5, 0.6) is 0 Å². The number of nitrogen functional groups attached to an aromatic ring is 1. The third-order valence-corrected chi connectivity index (χ3v) is 3.09. The predicted octanol–water partition coefficient (Wildman–Crippen LogP) is 4.22. The van der Waals surface area contributed by atoms with Crippen LogP contribution < -0.4 is 10.6 Å². The molecule has 18 heavy (non-hydrogen) atoms. The molecule has 0 unspecified atom stereocenters. The highest BCUT2D eigenvalue weighted by atomic mass is 35.5. The Morgan fingerprint density at radius 3 is 2.61 bits per heavy atom. The summed E-state index contributed by atoms with van der Waals surface area (Å²) in [5.41, 5.74) is 8.02. The average Bonchev–Trinajstić information content (AvgIpc) is 2.35. The Balaban J connectivity index is 2.49. The SMILES string of the molecule is CCN(c1cccc(F)c1)c1cccc(Cl)c1N. The summed E-state index contributed by atoms with van der Waals surface area (Å²) in [6, 6.07) is 11.8. The van der Waals surface area contributed by atoms with Crippen molar-refractivity contribution in [3.05, 3.63) is 53.3 Å². The second-order valence-electron chi connectivity index (χ2n) is 3.90. The number of halogens is 2. The largest absolute Gasteiger partial charge is 0.396 e. The fourth-order valence-corrected chi connectivity index (χ4v) is 2.07. The number of nitrogens with zero attached hydrogens (tertiary/aromatic N) is 1. The summed E-state index contributed by atoms with van der Waals surface area (Å²) in [7, 11) is 0. The number of benzene rings is 2. The Morgan fingerprint density at radius 1 is 1.22 bits per heavy atom. The highest BCUT2D eigenvalue weighted by molar-refractivity contribution is 6.33. The second kappa shape index (κ2) is 5.27. The minimum atomic E-state index is -0.272. The van der Waals surface area contributed by atoms with Crippen LogP contribution in [-0.2, 0) is 0 Å². The number of nitrogens with two attached hydrogens (primary N) is 1. The number of hydrogen-bond acceptors (Lipinski definition) is 2. The van der Waals surface area contributed by atoms with E-state index < -0.39 is 0 Å². The van der Waals surface area contributed by atoms with Crippen LogP contribution in [0.3, 0.4) is 0 Å². The van der Waals surface area contributed by atoms with E-state index in [0.29, 0.717) is 17.3 Å². The zero-order valence-corrected chi connectivity index (χ0v) is 10.8. The molecule has 0 fully saturated rings. The predicted molar refractivity (Wildman–Crippen MR) is 74.9 cm³/mol. The number of para-hydroxylation sites is 1. The lowest BCUT2D eigenvalue weighted by molar-refractivity contribution is 0.627. The molecule has 0 spiro atoms. The van der Waals surface area contributed by atoms with E-state index in [9.17, 15) is 4.39 Å². The number of anilines is 3. The smallest absolute Gasteiger partial charge is 0.125 e. The molecule has 0 amide bonds. The summed E-state index contributed by atoms with van der Waals surface area (Å²) in [4.78, 5) is 1.92. The molecule has 94 valence electrons. The maximum atomic E-state index is 13.3. The highest BCUT2D eigenvalue weighted by Gasteiger charge is 2.12. The normalized spacial score (nSPS) is 10.4. The molecule has 0 aromatic heterocycles. The van der Waals surface area contributed by atoms with E-state index in [1.807, 2.05) is 30.0 Å². The molecule has 2 aromatic rings.